The van der Waals surface area contributed by atoms with E-state index >= 15 is 0 Å². The molecule has 0 spiro atoms. The summed E-state index contributed by atoms with van der Waals surface area (Å²) in [6, 6.07) is 6.34. The van der Waals surface area contributed by atoms with E-state index in [-0.39, 0.29) is 33.6 Å². The zero-order valence-electron chi connectivity index (χ0n) is 15.3. The van der Waals surface area contributed by atoms with Crippen molar-refractivity contribution in [1.82, 2.24) is 15.0 Å². The SMILES string of the molecule is CC(=O)c1c(C)[nH]c(C(=O)CSc2nc(C(F)(F)F)nc3ccccc23)c1C. The molecule has 0 saturated carbocycles. The molecular formula is C19H16F3N3O2S. The number of nitrogens with one attached hydrogen (secondary N) is 1. The molecule has 2 heterocycles. The Bertz CT molecular complexity index is 1090. The van der Waals surface area contributed by atoms with Crippen LogP contribution < -0.4 is 0 Å². The molecule has 0 atom stereocenters. The van der Waals surface area contributed by atoms with E-state index in [9.17, 15) is 22.8 Å². The normalized spacial score (nSPS) is 11.8. The zero-order chi connectivity index (χ0) is 20.6. The third-order valence-electron chi connectivity index (χ3n) is 4.23. The van der Waals surface area contributed by atoms with Crippen molar-refractivity contribution in [3.8, 4) is 0 Å². The maximum atomic E-state index is 13.1. The number of carbonyl (C=O) groups is 2. The first-order chi connectivity index (χ1) is 13.1. The van der Waals surface area contributed by atoms with Crippen molar-refractivity contribution in [3.63, 3.8) is 0 Å². The van der Waals surface area contributed by atoms with E-state index in [2.05, 4.69) is 15.0 Å². The van der Waals surface area contributed by atoms with Crippen molar-refractivity contribution in [2.45, 2.75) is 32.0 Å². The van der Waals surface area contributed by atoms with E-state index in [0.29, 0.717) is 22.2 Å². The summed E-state index contributed by atoms with van der Waals surface area (Å²) >= 11 is 0.910. The molecule has 0 fully saturated rings. The molecule has 0 saturated heterocycles. The summed E-state index contributed by atoms with van der Waals surface area (Å²) in [6.07, 6.45) is -4.69. The highest BCUT2D eigenvalue weighted by atomic mass is 32.2. The number of aryl methyl sites for hydroxylation is 1. The van der Waals surface area contributed by atoms with Gasteiger partial charge in [-0.25, -0.2) is 9.97 Å². The van der Waals surface area contributed by atoms with Gasteiger partial charge < -0.3 is 4.98 Å². The summed E-state index contributed by atoms with van der Waals surface area (Å²) in [6.45, 7) is 4.78. The predicted octanol–water partition coefficient (Wildman–Crippen LogP) is 4.77. The molecule has 0 unspecified atom stereocenters. The van der Waals surface area contributed by atoms with Gasteiger partial charge in [-0.05, 0) is 32.4 Å². The number of carbonyl (C=O) groups excluding carboxylic acids is 2. The van der Waals surface area contributed by atoms with Gasteiger partial charge in [-0.2, -0.15) is 13.2 Å². The van der Waals surface area contributed by atoms with E-state index < -0.39 is 12.0 Å². The van der Waals surface area contributed by atoms with E-state index in [1.807, 2.05) is 0 Å². The van der Waals surface area contributed by atoms with Crippen LogP contribution in [0.25, 0.3) is 10.9 Å². The summed E-state index contributed by atoms with van der Waals surface area (Å²) < 4.78 is 39.3. The first kappa shape index (κ1) is 20.1. The van der Waals surface area contributed by atoms with Crippen molar-refractivity contribution in [1.29, 1.82) is 0 Å². The number of H-pyrrole nitrogens is 1. The van der Waals surface area contributed by atoms with Crippen LogP contribution >= 0.6 is 11.8 Å². The average Bonchev–Trinajstić information content (AvgIpc) is 2.92. The molecule has 1 N–H and O–H groups in total. The number of aromatic amines is 1. The number of rotatable bonds is 5. The lowest BCUT2D eigenvalue weighted by atomic mass is 10.1. The second-order valence-electron chi connectivity index (χ2n) is 6.26. The molecule has 146 valence electrons. The topological polar surface area (TPSA) is 75.7 Å². The van der Waals surface area contributed by atoms with Crippen molar-refractivity contribution in [2.24, 2.45) is 0 Å². The summed E-state index contributed by atoms with van der Waals surface area (Å²) in [5.74, 6) is -1.85. The second kappa shape index (κ2) is 7.38. The Morgan fingerprint density at radius 2 is 1.82 bits per heavy atom. The highest BCUT2D eigenvalue weighted by Gasteiger charge is 2.35. The summed E-state index contributed by atoms with van der Waals surface area (Å²) in [5, 5.41) is 0.524. The molecule has 0 amide bonds. The van der Waals surface area contributed by atoms with Gasteiger partial charge in [-0.1, -0.05) is 30.0 Å². The Kier molecular flexibility index (Phi) is 5.29. The Labute approximate surface area is 162 Å². The standard InChI is InChI=1S/C19H16F3N3O2S/c1-9-15(11(3)26)10(2)23-16(9)14(27)8-28-17-12-6-4-5-7-13(12)24-18(25-17)19(20,21)22/h4-7,23H,8H2,1-3H3. The highest BCUT2D eigenvalue weighted by molar-refractivity contribution is 8.00. The minimum Gasteiger partial charge on any atom is -0.355 e. The van der Waals surface area contributed by atoms with Gasteiger partial charge in [-0.3, -0.25) is 9.59 Å². The first-order valence-corrected chi connectivity index (χ1v) is 9.28. The average molecular weight is 407 g/mol. The largest absolute Gasteiger partial charge is 0.451 e. The van der Waals surface area contributed by atoms with E-state index in [1.54, 1.807) is 32.0 Å². The van der Waals surface area contributed by atoms with Crippen molar-refractivity contribution < 1.29 is 22.8 Å². The van der Waals surface area contributed by atoms with E-state index in [1.165, 1.54) is 13.0 Å². The number of halogens is 3. The molecule has 0 bridgehead atoms. The maximum absolute atomic E-state index is 13.1. The lowest BCUT2D eigenvalue weighted by Gasteiger charge is -2.10. The van der Waals surface area contributed by atoms with Gasteiger partial charge in [0.25, 0.3) is 0 Å². The molecule has 28 heavy (non-hydrogen) atoms. The molecule has 2 aromatic heterocycles. The fourth-order valence-corrected chi connectivity index (χ4v) is 3.94. The zero-order valence-corrected chi connectivity index (χ0v) is 16.1. The lowest BCUT2D eigenvalue weighted by Crippen LogP contribution is -2.12. The molecule has 1 aromatic carbocycles. The van der Waals surface area contributed by atoms with Crippen LogP contribution in [0.1, 0.15) is 44.9 Å². The van der Waals surface area contributed by atoms with Crippen molar-refractivity contribution in [3.05, 3.63) is 52.6 Å². The predicted molar refractivity (Wildman–Crippen MR) is 99.9 cm³/mol. The minimum absolute atomic E-state index is 0.0824. The van der Waals surface area contributed by atoms with Crippen LogP contribution in [-0.2, 0) is 6.18 Å². The van der Waals surface area contributed by atoms with Crippen LogP contribution in [0.5, 0.6) is 0 Å². The van der Waals surface area contributed by atoms with Gasteiger partial charge in [0.2, 0.25) is 5.82 Å². The van der Waals surface area contributed by atoms with Crippen molar-refractivity contribution >= 4 is 34.2 Å². The number of benzene rings is 1. The van der Waals surface area contributed by atoms with Gasteiger partial charge >= 0.3 is 6.18 Å². The third kappa shape index (κ3) is 3.80. The van der Waals surface area contributed by atoms with Gasteiger partial charge in [0.15, 0.2) is 11.6 Å². The van der Waals surface area contributed by atoms with Crippen LogP contribution in [0.3, 0.4) is 0 Å². The monoisotopic (exact) mass is 407 g/mol. The smallest absolute Gasteiger partial charge is 0.355 e. The van der Waals surface area contributed by atoms with Gasteiger partial charge in [-0.15, -0.1) is 0 Å². The van der Waals surface area contributed by atoms with E-state index in [0.717, 1.165) is 11.8 Å². The quantitative estimate of drug-likeness (QED) is 0.375. The number of para-hydroxylation sites is 1. The number of nitrogens with zero attached hydrogens (tertiary/aromatic N) is 2. The molecule has 5 nitrogen and oxygen atoms in total. The number of hydrogen-bond donors (Lipinski definition) is 1. The minimum atomic E-state index is -4.69. The molecule has 3 rings (SSSR count). The second-order valence-corrected chi connectivity index (χ2v) is 7.22. The molecule has 0 aliphatic rings. The summed E-state index contributed by atoms with van der Waals surface area (Å²) in [7, 11) is 0. The fourth-order valence-electron chi connectivity index (χ4n) is 3.05. The molecule has 9 heteroatoms. The lowest BCUT2D eigenvalue weighted by molar-refractivity contribution is -0.145. The number of alkyl halides is 3. The molecule has 0 aliphatic heterocycles. The van der Waals surface area contributed by atoms with Crippen LogP contribution in [0, 0.1) is 13.8 Å². The number of aromatic nitrogens is 3. The fraction of sp³-hybridized carbons (Fsp3) is 0.263. The van der Waals surface area contributed by atoms with Crippen LogP contribution in [0.15, 0.2) is 29.3 Å². The Morgan fingerprint density at radius 1 is 1.14 bits per heavy atom. The number of fused-ring (bicyclic) bond motifs is 1. The molecule has 0 radical (unpaired) electrons. The number of Topliss-reactive ketones (excluding diaryl/α,β-unsaturated/α-hetero) is 2. The molecular weight excluding hydrogens is 391 g/mol. The Morgan fingerprint density at radius 3 is 2.43 bits per heavy atom. The van der Waals surface area contributed by atoms with Gasteiger partial charge in [0, 0.05) is 16.6 Å². The Balaban J connectivity index is 1.93. The first-order valence-electron chi connectivity index (χ1n) is 8.29. The summed E-state index contributed by atoms with van der Waals surface area (Å²) in [4.78, 5) is 34.4. The Hall–Kier alpha value is -2.68. The highest BCUT2D eigenvalue weighted by Crippen LogP contribution is 2.32. The third-order valence-corrected chi connectivity index (χ3v) is 5.22. The maximum Gasteiger partial charge on any atom is 0.451 e. The van der Waals surface area contributed by atoms with Crippen LogP contribution in [0.4, 0.5) is 13.2 Å². The van der Waals surface area contributed by atoms with Crippen LogP contribution in [-0.4, -0.2) is 32.3 Å². The van der Waals surface area contributed by atoms with Crippen molar-refractivity contribution in [2.75, 3.05) is 5.75 Å². The molecule has 0 aliphatic carbocycles. The number of ketones is 2. The summed E-state index contributed by atoms with van der Waals surface area (Å²) in [5.41, 5.74) is 2.03. The van der Waals surface area contributed by atoms with Gasteiger partial charge in [0.05, 0.1) is 17.0 Å². The van der Waals surface area contributed by atoms with E-state index in [4.69, 9.17) is 0 Å². The van der Waals surface area contributed by atoms with Gasteiger partial charge in [0.1, 0.15) is 5.03 Å². The van der Waals surface area contributed by atoms with Crippen LogP contribution in [0.2, 0.25) is 0 Å². The number of thioether (sulfide) groups is 1. The molecule has 3 aromatic rings. The number of hydrogen-bond acceptors (Lipinski definition) is 5.